The highest BCUT2D eigenvalue weighted by Crippen LogP contribution is 2.37. The first-order valence-corrected chi connectivity index (χ1v) is 12.6. The number of alkyl halides is 3. The van der Waals surface area contributed by atoms with Crippen LogP contribution in [0.25, 0.3) is 10.9 Å². The van der Waals surface area contributed by atoms with Crippen LogP contribution < -0.4 is 0 Å². The van der Waals surface area contributed by atoms with Crippen molar-refractivity contribution >= 4 is 51.8 Å². The van der Waals surface area contributed by atoms with Crippen molar-refractivity contribution in [3.63, 3.8) is 0 Å². The van der Waals surface area contributed by atoms with Crippen molar-refractivity contribution in [2.45, 2.75) is 26.4 Å². The van der Waals surface area contributed by atoms with Crippen molar-refractivity contribution in [2.75, 3.05) is 20.2 Å². The third kappa shape index (κ3) is 4.89. The molecule has 2 aromatic carbocycles. The van der Waals surface area contributed by atoms with Gasteiger partial charge >= 0.3 is 12.1 Å². The summed E-state index contributed by atoms with van der Waals surface area (Å²) in [5, 5.41) is 0.339. The quantitative estimate of drug-likeness (QED) is 0.273. The van der Waals surface area contributed by atoms with Crippen molar-refractivity contribution in [1.82, 2.24) is 9.47 Å². The van der Waals surface area contributed by atoms with E-state index in [9.17, 15) is 27.6 Å². The summed E-state index contributed by atoms with van der Waals surface area (Å²) in [4.78, 5) is 40.6. The smallest absolute Gasteiger partial charge is 0.416 e. The molecular weight excluding hydrogens is 544 g/mol. The highest BCUT2D eigenvalue weighted by molar-refractivity contribution is 6.42. The molecule has 1 aliphatic rings. The van der Waals surface area contributed by atoms with Gasteiger partial charge in [-0.05, 0) is 55.2 Å². The molecule has 1 fully saturated rings. The number of ketones is 1. The first kappa shape index (κ1) is 28.0. The summed E-state index contributed by atoms with van der Waals surface area (Å²) in [7, 11) is 2.81. The first-order chi connectivity index (χ1) is 17.8. The molecule has 0 radical (unpaired) electrons. The fourth-order valence-corrected chi connectivity index (χ4v) is 5.67. The van der Waals surface area contributed by atoms with Crippen LogP contribution in [0.5, 0.6) is 0 Å². The zero-order valence-electron chi connectivity index (χ0n) is 21.1. The van der Waals surface area contributed by atoms with Gasteiger partial charge < -0.3 is 14.2 Å². The van der Waals surface area contributed by atoms with Crippen LogP contribution in [0.1, 0.15) is 50.9 Å². The van der Waals surface area contributed by atoms with E-state index in [-0.39, 0.29) is 50.2 Å². The fraction of sp³-hybridized carbons (Fsp3) is 0.370. The minimum atomic E-state index is -4.54. The number of halogens is 5. The number of benzene rings is 2. The SMILES string of the molecule is COC(=O)[C@@H]1CCN(C(=O)c2ccc(Cl)c(C(=O)c3cc4c(C)cc(C(F)(F)F)cc4n3C)c2Cl)C[C@@H]1C. The Bertz CT molecular complexity index is 1460. The molecule has 0 bridgehead atoms. The molecule has 2 atom stereocenters. The molecule has 11 heteroatoms. The highest BCUT2D eigenvalue weighted by Gasteiger charge is 2.36. The predicted octanol–water partition coefficient (Wildman–Crippen LogP) is 6.31. The number of ether oxygens (including phenoxy) is 1. The summed E-state index contributed by atoms with van der Waals surface area (Å²) in [6, 6.07) is 6.34. The van der Waals surface area contributed by atoms with Crippen LogP contribution >= 0.6 is 23.2 Å². The number of methoxy groups -OCH3 is 1. The minimum Gasteiger partial charge on any atom is -0.469 e. The molecule has 6 nitrogen and oxygen atoms in total. The van der Waals surface area contributed by atoms with Crippen LogP contribution in [0.2, 0.25) is 10.0 Å². The number of fused-ring (bicyclic) bond motifs is 1. The number of piperidine rings is 1. The van der Waals surface area contributed by atoms with Crippen LogP contribution in [0.3, 0.4) is 0 Å². The van der Waals surface area contributed by atoms with Gasteiger partial charge in [-0.2, -0.15) is 13.2 Å². The lowest BCUT2D eigenvalue weighted by atomic mass is 9.86. The number of esters is 1. The van der Waals surface area contributed by atoms with Gasteiger partial charge in [-0.15, -0.1) is 0 Å². The maximum absolute atomic E-state index is 13.6. The van der Waals surface area contributed by atoms with Crippen molar-refractivity contribution in [3.8, 4) is 0 Å². The maximum atomic E-state index is 13.6. The Morgan fingerprint density at radius 1 is 1.11 bits per heavy atom. The molecule has 38 heavy (non-hydrogen) atoms. The summed E-state index contributed by atoms with van der Waals surface area (Å²) in [6.45, 7) is 3.99. The Hall–Kier alpha value is -3.04. The Balaban J connectivity index is 1.71. The molecule has 0 spiro atoms. The van der Waals surface area contributed by atoms with Crippen LogP contribution in [0, 0.1) is 18.8 Å². The van der Waals surface area contributed by atoms with E-state index in [4.69, 9.17) is 27.9 Å². The van der Waals surface area contributed by atoms with Gasteiger partial charge in [0.2, 0.25) is 5.78 Å². The monoisotopic (exact) mass is 568 g/mol. The number of hydrogen-bond donors (Lipinski definition) is 0. The van der Waals surface area contributed by atoms with Crippen molar-refractivity contribution in [1.29, 1.82) is 0 Å². The lowest BCUT2D eigenvalue weighted by molar-refractivity contribution is -0.149. The predicted molar refractivity (Wildman–Crippen MR) is 138 cm³/mol. The lowest BCUT2D eigenvalue weighted by Gasteiger charge is -2.35. The number of rotatable bonds is 4. The van der Waals surface area contributed by atoms with Crippen LogP contribution in [0.15, 0.2) is 30.3 Å². The number of hydrogen-bond acceptors (Lipinski definition) is 4. The number of carbonyl (C=O) groups excluding carboxylic acids is 3. The van der Waals surface area contributed by atoms with E-state index in [0.717, 1.165) is 12.1 Å². The standard InChI is InChI=1S/C27H25Cl2F3N2O4/c1-13-9-15(27(30,31)32)10-20-18(13)11-21(33(20)3)24(35)22-19(28)6-5-17(23(22)29)25(36)34-8-7-16(14(2)12-34)26(37)38-4/h5-6,9-11,14,16H,7-8,12H2,1-4H3/t14-,16+/m0/s1. The number of nitrogens with zero attached hydrogens (tertiary/aromatic N) is 2. The lowest BCUT2D eigenvalue weighted by Crippen LogP contribution is -2.45. The zero-order chi connectivity index (χ0) is 28.1. The molecule has 4 rings (SSSR count). The summed E-state index contributed by atoms with van der Waals surface area (Å²) in [5.74, 6) is -1.84. The minimum absolute atomic E-state index is 0.00674. The average Bonchev–Trinajstić information content (AvgIpc) is 3.19. The Morgan fingerprint density at radius 2 is 1.79 bits per heavy atom. The van der Waals surface area contributed by atoms with Crippen LogP contribution in [-0.2, 0) is 22.8 Å². The molecular formula is C27H25Cl2F3N2O4. The van der Waals surface area contributed by atoms with Crippen LogP contribution in [0.4, 0.5) is 13.2 Å². The largest absolute Gasteiger partial charge is 0.469 e. The Morgan fingerprint density at radius 3 is 2.39 bits per heavy atom. The van der Waals surface area contributed by atoms with Gasteiger partial charge in [-0.1, -0.05) is 30.1 Å². The van der Waals surface area contributed by atoms with Crippen molar-refractivity contribution < 1.29 is 32.3 Å². The molecule has 1 saturated heterocycles. The molecule has 1 amide bonds. The van der Waals surface area contributed by atoms with Gasteiger partial charge in [0, 0.05) is 31.0 Å². The van der Waals surface area contributed by atoms with Crippen molar-refractivity contribution in [2.24, 2.45) is 18.9 Å². The van der Waals surface area contributed by atoms with Gasteiger partial charge in [-0.3, -0.25) is 14.4 Å². The third-order valence-corrected chi connectivity index (χ3v) is 7.88. The number of amides is 1. The van der Waals surface area contributed by atoms with E-state index < -0.39 is 23.4 Å². The second-order valence-electron chi connectivity index (χ2n) is 9.57. The number of aryl methyl sites for hydroxylation is 2. The van der Waals surface area contributed by atoms with E-state index in [1.165, 1.54) is 43.8 Å². The van der Waals surface area contributed by atoms with E-state index in [2.05, 4.69) is 0 Å². The fourth-order valence-electron chi connectivity index (χ4n) is 5.05. The molecule has 1 aliphatic heterocycles. The number of likely N-dealkylation sites (tertiary alicyclic amines) is 1. The van der Waals surface area contributed by atoms with Crippen LogP contribution in [-0.4, -0.2) is 47.3 Å². The summed E-state index contributed by atoms with van der Waals surface area (Å²) in [6.07, 6.45) is -4.12. The second kappa shape index (κ2) is 10.3. The third-order valence-electron chi connectivity index (χ3n) is 7.17. The molecule has 0 N–H and O–H groups in total. The molecule has 0 unspecified atom stereocenters. The average molecular weight is 569 g/mol. The van der Waals surface area contributed by atoms with Gasteiger partial charge in [0.1, 0.15) is 0 Å². The normalized spacial score (nSPS) is 18.1. The van der Waals surface area contributed by atoms with Gasteiger partial charge in [0.25, 0.3) is 5.91 Å². The molecule has 0 aliphatic carbocycles. The molecule has 0 saturated carbocycles. The summed E-state index contributed by atoms with van der Waals surface area (Å²) >= 11 is 13.0. The number of carbonyl (C=O) groups is 3. The van der Waals surface area contributed by atoms with E-state index >= 15 is 0 Å². The Labute approximate surface area is 227 Å². The number of aromatic nitrogens is 1. The highest BCUT2D eigenvalue weighted by atomic mass is 35.5. The van der Waals surface area contributed by atoms with Gasteiger partial charge in [0.05, 0.1) is 45.5 Å². The molecule has 3 aromatic rings. The van der Waals surface area contributed by atoms with Crippen molar-refractivity contribution in [3.05, 3.63) is 68.3 Å². The van der Waals surface area contributed by atoms with E-state index in [1.807, 2.05) is 6.92 Å². The second-order valence-corrected chi connectivity index (χ2v) is 10.4. The van der Waals surface area contributed by atoms with E-state index in [0.29, 0.717) is 30.5 Å². The van der Waals surface area contributed by atoms with Gasteiger partial charge in [0.15, 0.2) is 0 Å². The molecule has 2 heterocycles. The van der Waals surface area contributed by atoms with Gasteiger partial charge in [-0.25, -0.2) is 0 Å². The zero-order valence-corrected chi connectivity index (χ0v) is 22.6. The topological polar surface area (TPSA) is 68.6 Å². The first-order valence-electron chi connectivity index (χ1n) is 11.8. The van der Waals surface area contributed by atoms with E-state index in [1.54, 1.807) is 4.90 Å². The Kier molecular flexibility index (Phi) is 7.56. The molecule has 1 aromatic heterocycles. The summed E-state index contributed by atoms with van der Waals surface area (Å²) < 4.78 is 46.3. The maximum Gasteiger partial charge on any atom is 0.416 e. The molecule has 202 valence electrons. The summed E-state index contributed by atoms with van der Waals surface area (Å²) in [5.41, 5.74) is -0.216.